The number of nitrogens with zero attached hydrogens (tertiary/aromatic N) is 2. The third kappa shape index (κ3) is 3.48. The second-order valence-corrected chi connectivity index (χ2v) is 7.67. The predicted molar refractivity (Wildman–Crippen MR) is 77.0 cm³/mol. The smallest absolute Gasteiger partial charge is 0.282 e. The molecule has 1 saturated carbocycles. The van der Waals surface area contributed by atoms with Crippen molar-refractivity contribution in [3.05, 3.63) is 0 Å². The van der Waals surface area contributed by atoms with Gasteiger partial charge < -0.3 is 5.73 Å². The Labute approximate surface area is 117 Å². The summed E-state index contributed by atoms with van der Waals surface area (Å²) in [7, 11) is -3.25. The van der Waals surface area contributed by atoms with E-state index in [-0.39, 0.29) is 12.1 Å². The molecule has 0 amide bonds. The molecule has 0 aromatic carbocycles. The van der Waals surface area contributed by atoms with Gasteiger partial charge in [0.2, 0.25) is 0 Å². The van der Waals surface area contributed by atoms with Crippen LogP contribution in [0, 0.1) is 0 Å². The van der Waals surface area contributed by atoms with E-state index < -0.39 is 10.2 Å². The van der Waals surface area contributed by atoms with Gasteiger partial charge in [0.05, 0.1) is 0 Å². The zero-order valence-electron chi connectivity index (χ0n) is 11.9. The fourth-order valence-corrected chi connectivity index (χ4v) is 5.18. The lowest BCUT2D eigenvalue weighted by molar-refractivity contribution is 0.227. The van der Waals surface area contributed by atoms with Crippen molar-refractivity contribution < 1.29 is 8.42 Å². The molecule has 0 bridgehead atoms. The van der Waals surface area contributed by atoms with Crippen LogP contribution in [0.1, 0.15) is 51.9 Å². The molecule has 0 spiro atoms. The van der Waals surface area contributed by atoms with Crippen molar-refractivity contribution in [3.63, 3.8) is 0 Å². The van der Waals surface area contributed by atoms with Crippen LogP contribution in [0.15, 0.2) is 0 Å². The standard InChI is InChI=1S/C13H27N3O2S/c1-2-9-16(13-7-5-12(14)6-8-13)19(17,18)15-10-3-4-11-15/h12-13H,2-11,14H2,1H3. The molecule has 0 aromatic heterocycles. The fourth-order valence-electron chi connectivity index (χ4n) is 3.16. The normalized spacial score (nSPS) is 30.1. The molecule has 0 aromatic rings. The zero-order chi connectivity index (χ0) is 13.9. The van der Waals surface area contributed by atoms with Gasteiger partial charge in [0.1, 0.15) is 0 Å². The van der Waals surface area contributed by atoms with Gasteiger partial charge in [-0.25, -0.2) is 0 Å². The molecule has 2 N–H and O–H groups in total. The molecule has 5 nitrogen and oxygen atoms in total. The minimum Gasteiger partial charge on any atom is -0.328 e. The Balaban J connectivity index is 2.10. The SMILES string of the molecule is CCCN(C1CCC(N)CC1)S(=O)(=O)N1CCCC1. The van der Waals surface area contributed by atoms with Crippen LogP contribution >= 0.6 is 0 Å². The van der Waals surface area contributed by atoms with E-state index >= 15 is 0 Å². The molecule has 2 fully saturated rings. The predicted octanol–water partition coefficient (Wildman–Crippen LogP) is 1.31. The highest BCUT2D eigenvalue weighted by molar-refractivity contribution is 7.86. The first kappa shape index (κ1) is 15.2. The minimum atomic E-state index is -3.25. The molecule has 1 aliphatic carbocycles. The van der Waals surface area contributed by atoms with Crippen LogP contribution in [0.4, 0.5) is 0 Å². The Kier molecular flexibility index (Phi) is 5.22. The highest BCUT2D eigenvalue weighted by Crippen LogP contribution is 2.27. The van der Waals surface area contributed by atoms with Crippen LogP contribution in [0.2, 0.25) is 0 Å². The molecule has 112 valence electrons. The third-order valence-corrected chi connectivity index (χ3v) is 6.37. The highest BCUT2D eigenvalue weighted by atomic mass is 32.2. The van der Waals surface area contributed by atoms with Gasteiger partial charge in [0, 0.05) is 31.7 Å². The lowest BCUT2D eigenvalue weighted by Crippen LogP contribution is -2.50. The fraction of sp³-hybridized carbons (Fsp3) is 1.00. The number of hydrogen-bond acceptors (Lipinski definition) is 3. The molecule has 1 heterocycles. The lowest BCUT2D eigenvalue weighted by Gasteiger charge is -2.37. The molecule has 6 heteroatoms. The van der Waals surface area contributed by atoms with Crippen molar-refractivity contribution >= 4 is 10.2 Å². The first-order valence-corrected chi connectivity index (χ1v) is 8.98. The Morgan fingerprint density at radius 2 is 1.74 bits per heavy atom. The Morgan fingerprint density at radius 3 is 2.26 bits per heavy atom. The van der Waals surface area contributed by atoms with Crippen molar-refractivity contribution in [2.45, 2.75) is 64.0 Å². The summed E-state index contributed by atoms with van der Waals surface area (Å²) in [5.41, 5.74) is 5.92. The van der Waals surface area contributed by atoms with Crippen LogP contribution in [0.25, 0.3) is 0 Å². The lowest BCUT2D eigenvalue weighted by atomic mass is 9.92. The zero-order valence-corrected chi connectivity index (χ0v) is 12.7. The van der Waals surface area contributed by atoms with Gasteiger partial charge >= 0.3 is 0 Å². The largest absolute Gasteiger partial charge is 0.328 e. The first-order valence-electron chi connectivity index (χ1n) is 7.58. The Bertz CT molecular complexity index is 371. The average molecular weight is 289 g/mol. The maximum atomic E-state index is 12.7. The summed E-state index contributed by atoms with van der Waals surface area (Å²) in [6.07, 6.45) is 6.57. The van der Waals surface area contributed by atoms with Gasteiger partial charge in [-0.15, -0.1) is 0 Å². The van der Waals surface area contributed by atoms with E-state index in [9.17, 15) is 8.42 Å². The van der Waals surface area contributed by atoms with Gasteiger partial charge in [-0.1, -0.05) is 6.92 Å². The van der Waals surface area contributed by atoms with Crippen LogP contribution in [-0.2, 0) is 10.2 Å². The number of nitrogens with two attached hydrogens (primary N) is 1. The van der Waals surface area contributed by atoms with Crippen LogP contribution < -0.4 is 5.73 Å². The van der Waals surface area contributed by atoms with E-state index in [1.165, 1.54) is 0 Å². The molecular weight excluding hydrogens is 262 g/mol. The monoisotopic (exact) mass is 289 g/mol. The van der Waals surface area contributed by atoms with E-state index in [1.54, 1.807) is 8.61 Å². The first-order chi connectivity index (χ1) is 9.05. The van der Waals surface area contributed by atoms with Crippen molar-refractivity contribution in [2.24, 2.45) is 5.73 Å². The topological polar surface area (TPSA) is 66.6 Å². The maximum Gasteiger partial charge on any atom is 0.282 e. The van der Waals surface area contributed by atoms with E-state index in [0.29, 0.717) is 19.6 Å². The highest BCUT2D eigenvalue weighted by Gasteiger charge is 2.36. The van der Waals surface area contributed by atoms with Gasteiger partial charge in [-0.3, -0.25) is 0 Å². The van der Waals surface area contributed by atoms with Gasteiger partial charge in [-0.2, -0.15) is 17.0 Å². The summed E-state index contributed by atoms with van der Waals surface area (Å²) in [4.78, 5) is 0. The van der Waals surface area contributed by atoms with Crippen molar-refractivity contribution in [1.82, 2.24) is 8.61 Å². The van der Waals surface area contributed by atoms with E-state index in [0.717, 1.165) is 44.9 Å². The van der Waals surface area contributed by atoms with Crippen molar-refractivity contribution in [3.8, 4) is 0 Å². The molecular formula is C13H27N3O2S. The van der Waals surface area contributed by atoms with Crippen molar-refractivity contribution in [1.29, 1.82) is 0 Å². The van der Waals surface area contributed by atoms with Crippen LogP contribution in [0.3, 0.4) is 0 Å². The summed E-state index contributed by atoms with van der Waals surface area (Å²) in [6, 6.07) is 0.416. The minimum absolute atomic E-state index is 0.158. The van der Waals surface area contributed by atoms with E-state index in [4.69, 9.17) is 5.73 Å². The van der Waals surface area contributed by atoms with Gasteiger partial charge in [0.15, 0.2) is 0 Å². The second-order valence-electron chi connectivity index (χ2n) is 5.79. The van der Waals surface area contributed by atoms with E-state index in [1.807, 2.05) is 6.92 Å². The summed E-state index contributed by atoms with van der Waals surface area (Å²) < 4.78 is 28.9. The number of rotatable bonds is 5. The van der Waals surface area contributed by atoms with Crippen LogP contribution in [-0.4, -0.2) is 48.7 Å². The molecule has 2 aliphatic rings. The maximum absolute atomic E-state index is 12.7. The Morgan fingerprint density at radius 1 is 1.16 bits per heavy atom. The number of hydrogen-bond donors (Lipinski definition) is 1. The molecule has 19 heavy (non-hydrogen) atoms. The summed E-state index contributed by atoms with van der Waals surface area (Å²) >= 11 is 0. The van der Waals surface area contributed by atoms with Crippen LogP contribution in [0.5, 0.6) is 0 Å². The molecule has 0 unspecified atom stereocenters. The molecule has 2 rings (SSSR count). The summed E-state index contributed by atoms with van der Waals surface area (Å²) in [5.74, 6) is 0. The van der Waals surface area contributed by atoms with Gasteiger partial charge in [-0.05, 0) is 44.9 Å². The molecule has 1 saturated heterocycles. The summed E-state index contributed by atoms with van der Waals surface area (Å²) in [6.45, 7) is 4.06. The second kappa shape index (κ2) is 6.52. The Hall–Kier alpha value is -0.170. The van der Waals surface area contributed by atoms with E-state index in [2.05, 4.69) is 0 Å². The van der Waals surface area contributed by atoms with Crippen molar-refractivity contribution in [2.75, 3.05) is 19.6 Å². The average Bonchev–Trinajstić information content (AvgIpc) is 2.92. The molecule has 0 radical (unpaired) electrons. The quantitative estimate of drug-likeness (QED) is 0.830. The molecule has 1 aliphatic heterocycles. The summed E-state index contributed by atoms with van der Waals surface area (Å²) in [5, 5.41) is 0. The third-order valence-electron chi connectivity index (χ3n) is 4.28. The van der Waals surface area contributed by atoms with Gasteiger partial charge in [0.25, 0.3) is 10.2 Å². The molecule has 0 atom stereocenters.